The van der Waals surface area contributed by atoms with Gasteiger partial charge in [-0.15, -0.1) is 0 Å². The van der Waals surface area contributed by atoms with Crippen molar-refractivity contribution < 1.29 is 9.59 Å². The van der Waals surface area contributed by atoms with Crippen molar-refractivity contribution >= 4 is 11.8 Å². The van der Waals surface area contributed by atoms with E-state index in [0.29, 0.717) is 35.4 Å². The molecular weight excluding hydrogens is 462 g/mol. The fraction of sp³-hybridized carbons (Fsp3) is 0.600. The van der Waals surface area contributed by atoms with E-state index in [1.165, 1.54) is 18.4 Å². The summed E-state index contributed by atoms with van der Waals surface area (Å²) < 4.78 is 0. The largest absolute Gasteiger partial charge is 0.338 e. The minimum absolute atomic E-state index is 0.0970. The van der Waals surface area contributed by atoms with Gasteiger partial charge in [0.15, 0.2) is 0 Å². The molecule has 7 nitrogen and oxygen atoms in total. The number of aryl methyl sites for hydroxylation is 2. The highest BCUT2D eigenvalue weighted by Crippen LogP contribution is 2.42. The van der Waals surface area contributed by atoms with Crippen molar-refractivity contribution in [1.29, 1.82) is 0 Å². The number of aromatic nitrogens is 2. The molecule has 1 aromatic heterocycles. The number of nitrogens with zero attached hydrogens (tertiary/aromatic N) is 5. The van der Waals surface area contributed by atoms with Crippen molar-refractivity contribution in [3.63, 3.8) is 0 Å². The second-order valence-corrected chi connectivity index (χ2v) is 11.7. The number of hydrogen-bond acceptors (Lipinski definition) is 5. The third kappa shape index (κ3) is 4.90. The number of amides is 2. The number of likely N-dealkylation sites (tertiary alicyclic amines) is 2. The van der Waals surface area contributed by atoms with Crippen LogP contribution in [0.2, 0.25) is 0 Å². The summed E-state index contributed by atoms with van der Waals surface area (Å²) in [5, 5.41) is 0. The fourth-order valence-corrected chi connectivity index (χ4v) is 7.24. The van der Waals surface area contributed by atoms with E-state index in [2.05, 4.69) is 48.9 Å². The zero-order valence-electron chi connectivity index (χ0n) is 22.2. The molecule has 2 saturated heterocycles. The van der Waals surface area contributed by atoms with Gasteiger partial charge in [0.05, 0.1) is 17.0 Å². The van der Waals surface area contributed by atoms with Crippen LogP contribution in [0, 0.1) is 31.6 Å². The molecule has 2 bridgehead atoms. The van der Waals surface area contributed by atoms with E-state index < -0.39 is 0 Å². The van der Waals surface area contributed by atoms with Gasteiger partial charge in [-0.1, -0.05) is 30.3 Å². The number of piperidine rings is 2. The Balaban J connectivity index is 1.10. The Bertz CT molecular complexity index is 1110. The zero-order chi connectivity index (χ0) is 25.5. The molecule has 0 unspecified atom stereocenters. The van der Waals surface area contributed by atoms with E-state index in [0.717, 1.165) is 69.8 Å². The van der Waals surface area contributed by atoms with E-state index in [9.17, 15) is 9.59 Å². The van der Waals surface area contributed by atoms with Gasteiger partial charge in [0.25, 0.3) is 5.91 Å². The standard InChI is InChI=1S/C30H39N5O2/c1-20-27(21(2)32-19-31-20)30(37)34-17-24-10-11-25(18-34)28(24)33-14-12-26(13-15-33)35(29(36)23-8-9-23)16-22-6-4-3-5-7-22/h3-7,19,23-26,28H,8-18H2,1-2H3/t24-,25+,28+. The van der Waals surface area contributed by atoms with E-state index in [1.54, 1.807) is 6.33 Å². The highest BCUT2D eigenvalue weighted by atomic mass is 16.2. The van der Waals surface area contributed by atoms with Gasteiger partial charge in [-0.3, -0.25) is 14.5 Å². The average molecular weight is 502 g/mol. The van der Waals surface area contributed by atoms with Crippen LogP contribution >= 0.6 is 0 Å². The van der Waals surface area contributed by atoms with Gasteiger partial charge in [-0.2, -0.15) is 0 Å². The molecule has 2 amide bonds. The molecule has 2 saturated carbocycles. The van der Waals surface area contributed by atoms with Crippen molar-refractivity contribution in [3.8, 4) is 0 Å². The highest BCUT2D eigenvalue weighted by molar-refractivity contribution is 5.96. The average Bonchev–Trinajstić information content (AvgIpc) is 3.72. The summed E-state index contributed by atoms with van der Waals surface area (Å²) in [6.07, 6.45) is 8.13. The normalized spacial score (nSPS) is 26.3. The van der Waals surface area contributed by atoms with Gasteiger partial charge >= 0.3 is 0 Å². The number of carbonyl (C=O) groups excluding carboxylic acids is 2. The smallest absolute Gasteiger partial charge is 0.257 e. The van der Waals surface area contributed by atoms with E-state index in [-0.39, 0.29) is 11.8 Å². The first-order valence-corrected chi connectivity index (χ1v) is 14.2. The van der Waals surface area contributed by atoms with Crippen LogP contribution in [0.15, 0.2) is 36.7 Å². The minimum Gasteiger partial charge on any atom is -0.338 e. The van der Waals surface area contributed by atoms with Crippen molar-refractivity contribution in [1.82, 2.24) is 24.7 Å². The summed E-state index contributed by atoms with van der Waals surface area (Å²) in [6, 6.07) is 11.3. The molecule has 37 heavy (non-hydrogen) atoms. The second kappa shape index (κ2) is 10.2. The van der Waals surface area contributed by atoms with Crippen molar-refractivity contribution in [2.75, 3.05) is 26.2 Å². The van der Waals surface area contributed by atoms with Crippen LogP contribution in [0.1, 0.15) is 65.8 Å². The van der Waals surface area contributed by atoms with E-state index >= 15 is 0 Å². The summed E-state index contributed by atoms with van der Waals surface area (Å²) >= 11 is 0. The van der Waals surface area contributed by atoms with Gasteiger partial charge in [0.2, 0.25) is 5.91 Å². The molecule has 0 radical (unpaired) electrons. The predicted octanol–water partition coefficient (Wildman–Crippen LogP) is 3.85. The molecule has 2 aromatic rings. The number of hydrogen-bond donors (Lipinski definition) is 0. The third-order valence-corrected chi connectivity index (χ3v) is 9.28. The molecule has 4 fully saturated rings. The Morgan fingerprint density at radius 2 is 1.51 bits per heavy atom. The Hall–Kier alpha value is -2.80. The molecule has 3 heterocycles. The monoisotopic (exact) mass is 501 g/mol. The summed E-state index contributed by atoms with van der Waals surface area (Å²) in [6.45, 7) is 8.29. The third-order valence-electron chi connectivity index (χ3n) is 9.28. The number of rotatable bonds is 6. The maximum atomic E-state index is 13.4. The number of benzene rings is 1. The molecule has 3 atom stereocenters. The Morgan fingerprint density at radius 1 is 0.892 bits per heavy atom. The highest BCUT2D eigenvalue weighted by Gasteiger charge is 2.47. The SMILES string of the molecule is Cc1ncnc(C)c1C(=O)N1C[C@H]2CC[C@@H](C1)[C@H]2N1CCC(N(Cc2ccccc2)C(=O)C2CC2)CC1. The molecule has 4 aliphatic rings. The molecule has 2 aliphatic heterocycles. The summed E-state index contributed by atoms with van der Waals surface area (Å²) in [5.41, 5.74) is 3.45. The first-order chi connectivity index (χ1) is 18.0. The van der Waals surface area contributed by atoms with Gasteiger partial charge in [-0.05, 0) is 69.8 Å². The van der Waals surface area contributed by atoms with Crippen LogP contribution in [0.4, 0.5) is 0 Å². The van der Waals surface area contributed by atoms with Crippen molar-refractivity contribution in [3.05, 3.63) is 59.2 Å². The fourth-order valence-electron chi connectivity index (χ4n) is 7.24. The topological polar surface area (TPSA) is 69.6 Å². The van der Waals surface area contributed by atoms with Crippen LogP contribution in [0.5, 0.6) is 0 Å². The predicted molar refractivity (Wildman–Crippen MR) is 142 cm³/mol. The lowest BCUT2D eigenvalue weighted by molar-refractivity contribution is -0.137. The van der Waals surface area contributed by atoms with Crippen molar-refractivity contribution in [2.45, 2.75) is 71.0 Å². The van der Waals surface area contributed by atoms with E-state index in [4.69, 9.17) is 0 Å². The summed E-state index contributed by atoms with van der Waals surface area (Å²) in [4.78, 5) is 42.2. The lowest BCUT2D eigenvalue weighted by Gasteiger charge is -2.47. The van der Waals surface area contributed by atoms with Gasteiger partial charge in [0.1, 0.15) is 6.33 Å². The van der Waals surface area contributed by atoms with Crippen molar-refractivity contribution in [2.24, 2.45) is 17.8 Å². The molecule has 7 heteroatoms. The number of carbonyl (C=O) groups is 2. The van der Waals surface area contributed by atoms with Crippen LogP contribution in [0.3, 0.4) is 0 Å². The van der Waals surface area contributed by atoms with Crippen LogP contribution in [-0.2, 0) is 11.3 Å². The summed E-state index contributed by atoms with van der Waals surface area (Å²) in [7, 11) is 0. The molecule has 2 aliphatic carbocycles. The zero-order valence-corrected chi connectivity index (χ0v) is 22.2. The van der Waals surface area contributed by atoms with Crippen LogP contribution < -0.4 is 0 Å². The lowest BCUT2D eigenvalue weighted by Crippen LogP contribution is -2.57. The lowest BCUT2D eigenvalue weighted by atomic mass is 9.88. The Labute approximate surface area is 220 Å². The van der Waals surface area contributed by atoms with Gasteiger partial charge in [-0.25, -0.2) is 9.97 Å². The minimum atomic E-state index is 0.0970. The Morgan fingerprint density at radius 3 is 2.11 bits per heavy atom. The quantitative estimate of drug-likeness (QED) is 0.602. The molecule has 1 aromatic carbocycles. The maximum absolute atomic E-state index is 13.4. The van der Waals surface area contributed by atoms with Crippen LogP contribution in [0.25, 0.3) is 0 Å². The van der Waals surface area contributed by atoms with E-state index in [1.807, 2.05) is 19.9 Å². The summed E-state index contributed by atoms with van der Waals surface area (Å²) in [5.74, 6) is 1.77. The van der Waals surface area contributed by atoms with Gasteiger partial charge < -0.3 is 9.80 Å². The molecule has 196 valence electrons. The second-order valence-electron chi connectivity index (χ2n) is 11.7. The van der Waals surface area contributed by atoms with Crippen LogP contribution in [-0.4, -0.2) is 74.7 Å². The molecule has 0 spiro atoms. The number of fused-ring (bicyclic) bond motifs is 2. The first-order valence-electron chi connectivity index (χ1n) is 14.2. The molecular formula is C30H39N5O2. The molecule has 0 N–H and O–H groups in total. The maximum Gasteiger partial charge on any atom is 0.257 e. The van der Waals surface area contributed by atoms with Gasteiger partial charge in [0, 0.05) is 50.7 Å². The Kier molecular flexibility index (Phi) is 6.74. The molecule has 6 rings (SSSR count). The first kappa shape index (κ1) is 24.5.